The highest BCUT2D eigenvalue weighted by atomic mass is 28.4. The average molecular weight is 964 g/mol. The predicted octanol–water partition coefficient (Wildman–Crippen LogP) is 10.9. The Hall–Kier alpha value is -2.81. The topological polar surface area (TPSA) is 109 Å². The van der Waals surface area contributed by atoms with Gasteiger partial charge in [-0.2, -0.15) is 0 Å². The molecular formula is C50H78N2O9Si4. The Morgan fingerprint density at radius 1 is 0.600 bits per heavy atom. The van der Waals surface area contributed by atoms with E-state index in [0.717, 1.165) is 16.7 Å². The molecule has 0 bridgehead atoms. The summed E-state index contributed by atoms with van der Waals surface area (Å²) in [4.78, 5) is 37.8. The number of benzene rings is 2. The number of hydrogen-bond acceptors (Lipinski definition) is 9. The van der Waals surface area contributed by atoms with Crippen molar-refractivity contribution in [2.24, 2.45) is 0 Å². The van der Waals surface area contributed by atoms with Gasteiger partial charge in [-0.05, 0) is 98.3 Å². The lowest BCUT2D eigenvalue weighted by Gasteiger charge is -2.58. The van der Waals surface area contributed by atoms with Crippen LogP contribution >= 0.6 is 0 Å². The van der Waals surface area contributed by atoms with Crippen LogP contribution in [0.1, 0.15) is 65.5 Å². The van der Waals surface area contributed by atoms with Crippen LogP contribution < -0.4 is 0 Å². The first-order chi connectivity index (χ1) is 29.9. The van der Waals surface area contributed by atoms with Crippen LogP contribution in [0, 0.1) is 0 Å². The Bertz CT molecular complexity index is 2100. The fraction of sp³-hybridized carbons (Fsp3) is 0.600. The maximum Gasteiger partial charge on any atom is 0.249 e. The maximum atomic E-state index is 12.8. The van der Waals surface area contributed by atoms with Crippen molar-refractivity contribution in [3.63, 3.8) is 0 Å². The maximum absolute atomic E-state index is 12.8. The van der Waals surface area contributed by atoms with Crippen LogP contribution in [0.2, 0.25) is 75.5 Å². The Labute approximate surface area is 394 Å². The van der Waals surface area contributed by atoms with Crippen LogP contribution in [-0.4, -0.2) is 103 Å². The number of carbonyl (C=O) groups is 2. The third kappa shape index (κ3) is 11.1. The zero-order valence-electron chi connectivity index (χ0n) is 42.2. The second-order valence-corrected chi connectivity index (χ2v) is 42.0. The van der Waals surface area contributed by atoms with E-state index in [1.807, 2.05) is 72.8 Å². The summed E-state index contributed by atoms with van der Waals surface area (Å²) in [6.45, 7) is 41.0. The van der Waals surface area contributed by atoms with Gasteiger partial charge in [0.15, 0.2) is 33.3 Å². The minimum atomic E-state index is -2.14. The summed E-state index contributed by atoms with van der Waals surface area (Å²) in [7, 11) is -8.24. The zero-order valence-corrected chi connectivity index (χ0v) is 46.2. The SMILES string of the molecule is C=C1C=C[C@]2(CC(=O)N2OCc2ccccc2)[C@H](O[Si](C)(C)C)[C@@H]1O[Si](C)(C)C(C)(C)C.CC(C)(C)[Si](C)(C)O[C@H]1[C@@H](O[Si](C)(C)C)[C@]2(C=C[C@@]13CO3)CC(=O)N2OCc1ccccc1. The van der Waals surface area contributed by atoms with E-state index in [1.54, 1.807) is 5.06 Å². The summed E-state index contributed by atoms with van der Waals surface area (Å²) in [6.07, 6.45) is 7.61. The fourth-order valence-corrected chi connectivity index (χ4v) is 12.9. The summed E-state index contributed by atoms with van der Waals surface area (Å²) in [5.74, 6) is -0.0631. The minimum Gasteiger partial charge on any atom is -0.409 e. The van der Waals surface area contributed by atoms with Crippen molar-refractivity contribution in [1.29, 1.82) is 0 Å². The minimum absolute atomic E-state index is 0.0292. The van der Waals surface area contributed by atoms with Gasteiger partial charge in [-0.25, -0.2) is 10.1 Å². The van der Waals surface area contributed by atoms with E-state index >= 15 is 0 Å². The first-order valence-electron chi connectivity index (χ1n) is 23.3. The molecule has 3 saturated heterocycles. The highest BCUT2D eigenvalue weighted by molar-refractivity contribution is 6.74. The number of rotatable bonds is 14. The molecule has 11 nitrogen and oxygen atoms in total. The number of ether oxygens (including phenoxy) is 1. The van der Waals surface area contributed by atoms with Crippen LogP contribution in [0.25, 0.3) is 0 Å². The molecule has 3 aliphatic heterocycles. The molecule has 2 aromatic carbocycles. The van der Waals surface area contributed by atoms with Crippen LogP contribution in [0.3, 0.4) is 0 Å². The van der Waals surface area contributed by atoms with Gasteiger partial charge in [0.25, 0.3) is 0 Å². The van der Waals surface area contributed by atoms with Crippen LogP contribution in [0.4, 0.5) is 0 Å². The molecule has 5 aliphatic rings. The molecular weight excluding hydrogens is 885 g/mol. The van der Waals surface area contributed by atoms with Crippen molar-refractivity contribution < 1.29 is 41.7 Å². The molecule has 15 heteroatoms. The van der Waals surface area contributed by atoms with Crippen LogP contribution in [0.5, 0.6) is 0 Å². The van der Waals surface area contributed by atoms with Crippen LogP contribution in [0.15, 0.2) is 97.1 Å². The van der Waals surface area contributed by atoms with E-state index in [2.05, 4.69) is 126 Å². The number of amides is 2. The van der Waals surface area contributed by atoms with E-state index in [9.17, 15) is 9.59 Å². The fourth-order valence-electron chi connectivity index (χ4n) is 8.16. The molecule has 7 atom stereocenters. The Kier molecular flexibility index (Phi) is 14.5. The molecule has 0 saturated carbocycles. The van der Waals surface area contributed by atoms with Crippen molar-refractivity contribution in [3.05, 3.63) is 108 Å². The highest BCUT2D eigenvalue weighted by Crippen LogP contribution is 2.54. The molecule has 3 spiro atoms. The summed E-state index contributed by atoms with van der Waals surface area (Å²) < 4.78 is 33.5. The van der Waals surface area contributed by atoms with Crippen molar-refractivity contribution in [3.8, 4) is 0 Å². The van der Waals surface area contributed by atoms with Crippen molar-refractivity contribution >= 4 is 45.1 Å². The van der Waals surface area contributed by atoms with Gasteiger partial charge in [-0.1, -0.05) is 127 Å². The molecule has 0 aromatic heterocycles. The standard InChI is InChI=1S/C25H39NO5Si2.C25H39NO4Si2/c1-23(2,3)33(7,8)31-22-21(30-32(4,5)6)24(14-15-25(22)18-28-25)16-20(27)26(24)29-17-19-12-10-9-11-13-19;1-19-15-16-25(17-21(27)26(25)28-18-20-13-11-10-12-14-20)23(30-31(5,6)7)22(19)29-32(8,9)24(2,3)4/h9-15,21-22H,16-18H2,1-8H3;10-16,22-23H,1,17-18H2,2-9H3/t21-,22+,24+,25-;22-,23-,25+/m11/s1. The van der Waals surface area contributed by atoms with Gasteiger partial charge in [-0.3, -0.25) is 19.3 Å². The number of β-lactam (4-membered cyclic amide) rings is 2. The lowest BCUT2D eigenvalue weighted by Crippen LogP contribution is -2.75. The Balaban J connectivity index is 0.000000216. The molecule has 2 aromatic rings. The molecule has 0 N–H and O–H groups in total. The van der Waals surface area contributed by atoms with Gasteiger partial charge in [0.05, 0.1) is 25.6 Å². The van der Waals surface area contributed by atoms with Gasteiger partial charge in [0.2, 0.25) is 11.8 Å². The van der Waals surface area contributed by atoms with Crippen molar-refractivity contribution in [2.45, 2.75) is 184 Å². The number of epoxide rings is 1. The zero-order chi connectivity index (χ0) is 48.2. The van der Waals surface area contributed by atoms with Gasteiger partial charge in [0, 0.05) is 0 Å². The molecule has 0 unspecified atom stereocenters. The summed E-state index contributed by atoms with van der Waals surface area (Å²) in [6, 6.07) is 19.8. The summed E-state index contributed by atoms with van der Waals surface area (Å²) in [5.41, 5.74) is 1.09. The first-order valence-corrected chi connectivity index (χ1v) is 35.9. The van der Waals surface area contributed by atoms with E-state index in [1.165, 1.54) is 5.06 Å². The highest BCUT2D eigenvalue weighted by Gasteiger charge is 2.69. The monoisotopic (exact) mass is 962 g/mol. The summed E-state index contributed by atoms with van der Waals surface area (Å²) in [5, 5.41) is 3.15. The second kappa shape index (κ2) is 18.3. The number of nitrogens with zero attached hydrogens (tertiary/aromatic N) is 2. The van der Waals surface area contributed by atoms with Gasteiger partial charge in [-0.15, -0.1) is 0 Å². The number of hydrogen-bond donors (Lipinski definition) is 0. The second-order valence-electron chi connectivity index (χ2n) is 23.6. The van der Waals surface area contributed by atoms with E-state index in [4.69, 9.17) is 32.1 Å². The predicted molar refractivity (Wildman–Crippen MR) is 268 cm³/mol. The van der Waals surface area contributed by atoms with Crippen molar-refractivity contribution in [2.75, 3.05) is 6.61 Å². The van der Waals surface area contributed by atoms with Crippen LogP contribution in [-0.2, 0) is 54.9 Å². The third-order valence-corrected chi connectivity index (χ3v) is 24.8. The molecule has 3 heterocycles. The smallest absolute Gasteiger partial charge is 0.249 e. The lowest BCUT2D eigenvalue weighted by atomic mass is 9.71. The van der Waals surface area contributed by atoms with Gasteiger partial charge >= 0.3 is 0 Å². The Morgan fingerprint density at radius 3 is 1.42 bits per heavy atom. The summed E-state index contributed by atoms with van der Waals surface area (Å²) >= 11 is 0. The normalized spacial score (nSPS) is 29.3. The van der Waals surface area contributed by atoms with E-state index in [0.29, 0.717) is 32.7 Å². The first kappa shape index (κ1) is 51.6. The van der Waals surface area contributed by atoms with Gasteiger partial charge < -0.3 is 22.4 Å². The Morgan fingerprint density at radius 2 is 1.02 bits per heavy atom. The van der Waals surface area contributed by atoms with E-state index < -0.39 is 49.9 Å². The molecule has 0 radical (unpaired) electrons. The lowest BCUT2D eigenvalue weighted by molar-refractivity contribution is -0.276. The molecule has 2 aliphatic carbocycles. The molecule has 65 heavy (non-hydrogen) atoms. The van der Waals surface area contributed by atoms with Crippen molar-refractivity contribution in [1.82, 2.24) is 10.1 Å². The molecule has 7 rings (SSSR count). The van der Waals surface area contributed by atoms with E-state index in [-0.39, 0.29) is 46.3 Å². The average Bonchev–Trinajstić information content (AvgIpc) is 3.96. The molecule has 358 valence electrons. The number of hydroxylamine groups is 4. The molecule has 2 amide bonds. The largest absolute Gasteiger partial charge is 0.409 e. The number of carbonyl (C=O) groups excluding carboxylic acids is 2. The molecule has 3 fully saturated rings. The van der Waals surface area contributed by atoms with Gasteiger partial charge in [0.1, 0.15) is 48.2 Å². The quantitative estimate of drug-likeness (QED) is 0.0791. The third-order valence-electron chi connectivity index (χ3n) is 14.0.